The van der Waals surface area contributed by atoms with Crippen molar-refractivity contribution in [3.05, 3.63) is 82.6 Å². The number of rotatable bonds is 4. The van der Waals surface area contributed by atoms with Crippen LogP contribution in [-0.4, -0.2) is 16.6 Å². The largest absolute Gasteiger partial charge is 0.295 e. The van der Waals surface area contributed by atoms with Crippen LogP contribution in [0, 0.1) is 16.0 Å². The molecule has 2 aromatic carbocycles. The van der Waals surface area contributed by atoms with Crippen molar-refractivity contribution >= 4 is 23.1 Å². The van der Waals surface area contributed by atoms with E-state index >= 15 is 0 Å². The second-order valence-corrected chi connectivity index (χ2v) is 5.25. The van der Waals surface area contributed by atoms with E-state index < -0.39 is 22.5 Å². The van der Waals surface area contributed by atoms with Crippen molar-refractivity contribution in [2.75, 3.05) is 5.01 Å². The zero-order chi connectivity index (χ0) is 17.3. The highest BCUT2D eigenvalue weighted by molar-refractivity contribution is 6.18. The number of non-ortho nitro benzene ring substituents is 1. The number of amides is 1. The predicted molar refractivity (Wildman–Crippen MR) is 87.1 cm³/mol. The van der Waals surface area contributed by atoms with Crippen LogP contribution in [0.5, 0.6) is 0 Å². The number of carbonyl (C=O) groups excluding carboxylic acids is 2. The van der Waals surface area contributed by atoms with E-state index in [-0.39, 0.29) is 16.9 Å². The van der Waals surface area contributed by atoms with Gasteiger partial charge in [-0.3, -0.25) is 25.1 Å². The number of Topliss-reactive ketones (excluding diaryl/α,β-unsaturated/α-hetero) is 1. The Balaban J connectivity index is 1.86. The second kappa shape index (κ2) is 5.96. The molecule has 1 saturated heterocycles. The molecule has 0 radical (unpaired) electrons. The summed E-state index contributed by atoms with van der Waals surface area (Å²) < 4.78 is 0. The van der Waals surface area contributed by atoms with E-state index in [2.05, 4.69) is 12.0 Å². The fourth-order valence-corrected chi connectivity index (χ4v) is 2.49. The first-order chi connectivity index (χ1) is 11.5. The molecule has 24 heavy (non-hydrogen) atoms. The molecule has 120 valence electrons. The molecule has 1 aliphatic heterocycles. The Bertz CT molecular complexity index is 831. The molecule has 0 bridgehead atoms. The highest BCUT2D eigenvalue weighted by atomic mass is 16.6. The summed E-state index contributed by atoms with van der Waals surface area (Å²) in [5, 5.41) is 12.0. The van der Waals surface area contributed by atoms with Gasteiger partial charge in [-0.05, 0) is 24.3 Å². The first kappa shape index (κ1) is 15.4. The van der Waals surface area contributed by atoms with Crippen LogP contribution in [0.4, 0.5) is 11.4 Å². The molecule has 1 aliphatic rings. The van der Waals surface area contributed by atoms with Gasteiger partial charge in [0.25, 0.3) is 11.6 Å². The fraction of sp³-hybridized carbons (Fsp3) is 0.0588. The van der Waals surface area contributed by atoms with Crippen molar-refractivity contribution in [3.8, 4) is 0 Å². The SMILES string of the molecule is C=C1NN(c2ccccc2)C(=O)C1C(=O)c1ccc([N+](=O)[O-])cc1. The lowest BCUT2D eigenvalue weighted by Gasteiger charge is -2.15. The van der Waals surface area contributed by atoms with E-state index in [1.807, 2.05) is 6.07 Å². The van der Waals surface area contributed by atoms with Crippen molar-refractivity contribution < 1.29 is 14.5 Å². The lowest BCUT2D eigenvalue weighted by Crippen LogP contribution is -2.35. The third-order valence-corrected chi connectivity index (χ3v) is 3.71. The Labute approximate surface area is 137 Å². The monoisotopic (exact) mass is 323 g/mol. The molecule has 2 aromatic rings. The maximum atomic E-state index is 12.6. The van der Waals surface area contributed by atoms with Crippen LogP contribution in [0.15, 0.2) is 66.9 Å². The number of benzene rings is 2. The molecule has 1 atom stereocenters. The minimum atomic E-state index is -1.06. The van der Waals surface area contributed by atoms with Crippen LogP contribution in [0.3, 0.4) is 0 Å². The predicted octanol–water partition coefficient (Wildman–Crippen LogP) is 2.46. The van der Waals surface area contributed by atoms with Gasteiger partial charge in [-0.25, -0.2) is 5.01 Å². The number of carbonyl (C=O) groups is 2. The normalized spacial score (nSPS) is 16.8. The molecule has 1 amide bonds. The van der Waals surface area contributed by atoms with Crippen LogP contribution in [0.2, 0.25) is 0 Å². The van der Waals surface area contributed by atoms with E-state index in [1.54, 1.807) is 24.3 Å². The van der Waals surface area contributed by atoms with Crippen LogP contribution >= 0.6 is 0 Å². The Hall–Kier alpha value is -3.48. The van der Waals surface area contributed by atoms with Gasteiger partial charge >= 0.3 is 0 Å². The zero-order valence-corrected chi connectivity index (χ0v) is 12.5. The minimum Gasteiger partial charge on any atom is -0.295 e. The molecular weight excluding hydrogens is 310 g/mol. The van der Waals surface area contributed by atoms with Crippen molar-refractivity contribution in [2.45, 2.75) is 0 Å². The number of nitro benzene ring substituents is 1. The van der Waals surface area contributed by atoms with Crippen molar-refractivity contribution in [1.29, 1.82) is 0 Å². The quantitative estimate of drug-likeness (QED) is 0.404. The summed E-state index contributed by atoms with van der Waals surface area (Å²) in [6.07, 6.45) is 0. The number of para-hydroxylation sites is 1. The number of nitrogens with one attached hydrogen (secondary N) is 1. The molecule has 1 heterocycles. The summed E-state index contributed by atoms with van der Waals surface area (Å²) in [5.74, 6) is -1.95. The summed E-state index contributed by atoms with van der Waals surface area (Å²) >= 11 is 0. The van der Waals surface area contributed by atoms with Crippen molar-refractivity contribution in [2.24, 2.45) is 5.92 Å². The number of nitrogens with zero attached hydrogens (tertiary/aromatic N) is 2. The van der Waals surface area contributed by atoms with Crippen molar-refractivity contribution in [1.82, 2.24) is 5.43 Å². The average Bonchev–Trinajstić information content (AvgIpc) is 2.89. The smallest absolute Gasteiger partial charge is 0.269 e. The number of hydrazine groups is 1. The van der Waals surface area contributed by atoms with Crippen molar-refractivity contribution in [3.63, 3.8) is 0 Å². The number of nitro groups is 1. The zero-order valence-electron chi connectivity index (χ0n) is 12.5. The molecule has 1 N–H and O–H groups in total. The first-order valence-corrected chi connectivity index (χ1v) is 7.12. The molecule has 7 heteroatoms. The maximum Gasteiger partial charge on any atom is 0.269 e. The van der Waals surface area contributed by atoms with E-state index in [0.29, 0.717) is 5.69 Å². The van der Waals surface area contributed by atoms with Crippen LogP contribution in [0.25, 0.3) is 0 Å². The Morgan fingerprint density at radius 3 is 2.33 bits per heavy atom. The van der Waals surface area contributed by atoms with Gasteiger partial charge in [-0.2, -0.15) is 0 Å². The van der Waals surface area contributed by atoms with Gasteiger partial charge in [0.1, 0.15) is 5.92 Å². The lowest BCUT2D eigenvalue weighted by molar-refractivity contribution is -0.384. The average molecular weight is 323 g/mol. The Morgan fingerprint density at radius 2 is 1.75 bits per heavy atom. The number of ketones is 1. The molecule has 7 nitrogen and oxygen atoms in total. The summed E-state index contributed by atoms with van der Waals surface area (Å²) in [7, 11) is 0. The fourth-order valence-electron chi connectivity index (χ4n) is 2.49. The minimum absolute atomic E-state index is 0.118. The summed E-state index contributed by atoms with van der Waals surface area (Å²) in [5.41, 5.74) is 3.78. The standard InChI is InChI=1S/C17H13N3O4/c1-11-15(16(21)12-7-9-14(10-8-12)20(23)24)17(22)19(18-11)13-5-3-2-4-6-13/h2-10,15,18H,1H2. The second-order valence-electron chi connectivity index (χ2n) is 5.25. The van der Waals surface area contributed by atoms with Gasteiger partial charge in [0.2, 0.25) is 0 Å². The van der Waals surface area contributed by atoms with Gasteiger partial charge in [0.05, 0.1) is 10.6 Å². The van der Waals surface area contributed by atoms with E-state index in [9.17, 15) is 19.7 Å². The van der Waals surface area contributed by atoms with Crippen LogP contribution in [-0.2, 0) is 4.79 Å². The topological polar surface area (TPSA) is 92.6 Å². The van der Waals surface area contributed by atoms with E-state index in [1.165, 1.54) is 29.3 Å². The highest BCUT2D eigenvalue weighted by Crippen LogP contribution is 2.27. The number of hydrogen-bond donors (Lipinski definition) is 1. The van der Waals surface area contributed by atoms with Gasteiger partial charge in [-0.15, -0.1) is 0 Å². The third-order valence-electron chi connectivity index (χ3n) is 3.71. The summed E-state index contributed by atoms with van der Waals surface area (Å²) in [6, 6.07) is 14.0. The summed E-state index contributed by atoms with van der Waals surface area (Å²) in [4.78, 5) is 35.3. The van der Waals surface area contributed by atoms with E-state index in [0.717, 1.165) is 0 Å². The van der Waals surface area contributed by atoms with Gasteiger partial charge in [0, 0.05) is 23.4 Å². The van der Waals surface area contributed by atoms with Gasteiger partial charge in [0.15, 0.2) is 5.78 Å². The lowest BCUT2D eigenvalue weighted by atomic mass is 9.95. The van der Waals surface area contributed by atoms with Crippen LogP contribution in [0.1, 0.15) is 10.4 Å². The van der Waals surface area contributed by atoms with Gasteiger partial charge < -0.3 is 0 Å². The van der Waals surface area contributed by atoms with Crippen LogP contribution < -0.4 is 10.4 Å². The maximum absolute atomic E-state index is 12.6. The Kier molecular flexibility index (Phi) is 3.83. The van der Waals surface area contributed by atoms with Gasteiger partial charge in [-0.1, -0.05) is 24.8 Å². The molecule has 0 aliphatic carbocycles. The molecule has 1 fully saturated rings. The molecular formula is C17H13N3O4. The molecule has 0 aromatic heterocycles. The highest BCUT2D eigenvalue weighted by Gasteiger charge is 2.41. The summed E-state index contributed by atoms with van der Waals surface area (Å²) in [6.45, 7) is 3.75. The number of anilines is 1. The van der Waals surface area contributed by atoms with E-state index in [4.69, 9.17) is 0 Å². The molecule has 3 rings (SSSR count). The number of hydrogen-bond acceptors (Lipinski definition) is 5. The third kappa shape index (κ3) is 2.63. The molecule has 1 unspecified atom stereocenters. The molecule has 0 saturated carbocycles. The first-order valence-electron chi connectivity index (χ1n) is 7.12. The Morgan fingerprint density at radius 1 is 1.12 bits per heavy atom. The molecule has 0 spiro atoms.